The Morgan fingerprint density at radius 3 is 2.68 bits per heavy atom. The van der Waals surface area contributed by atoms with Gasteiger partial charge in [-0.05, 0) is 42.8 Å². The molecular weight excluding hydrogens is 278 g/mol. The zero-order valence-electron chi connectivity index (χ0n) is 10.3. The highest BCUT2D eigenvalue weighted by molar-refractivity contribution is 7.99. The molecule has 2 aromatic carbocycles. The third-order valence-electron chi connectivity index (χ3n) is 2.62. The van der Waals surface area contributed by atoms with Crippen molar-refractivity contribution in [1.29, 1.82) is 5.26 Å². The summed E-state index contributed by atoms with van der Waals surface area (Å²) < 4.78 is 0. The fraction of sp³-hybridized carbons (Fsp3) is 0.133. The average Bonchev–Trinajstić information content (AvgIpc) is 2.38. The van der Waals surface area contributed by atoms with E-state index in [9.17, 15) is 5.11 Å². The molecule has 2 aromatic rings. The minimum absolute atomic E-state index is 0.575. The van der Waals surface area contributed by atoms with E-state index in [1.54, 1.807) is 25.1 Å². The van der Waals surface area contributed by atoms with E-state index in [0.29, 0.717) is 10.6 Å². The lowest BCUT2D eigenvalue weighted by Gasteiger charge is -2.12. The molecule has 19 heavy (non-hydrogen) atoms. The number of nitriles is 1. The molecule has 0 aliphatic carbocycles. The molecule has 0 unspecified atom stereocenters. The molecule has 0 fully saturated rings. The van der Waals surface area contributed by atoms with Crippen LogP contribution in [0.25, 0.3) is 0 Å². The van der Waals surface area contributed by atoms with Gasteiger partial charge in [-0.25, -0.2) is 0 Å². The Hall–Kier alpha value is -1.47. The molecule has 0 spiro atoms. The van der Waals surface area contributed by atoms with Gasteiger partial charge < -0.3 is 5.11 Å². The third-order valence-corrected chi connectivity index (χ3v) is 3.91. The highest BCUT2D eigenvalue weighted by Gasteiger charge is 2.10. The molecule has 1 atom stereocenters. The number of halogens is 1. The number of nitrogens with zero attached hydrogens (tertiary/aromatic N) is 1. The Labute approximate surface area is 121 Å². The molecule has 2 nitrogen and oxygen atoms in total. The third kappa shape index (κ3) is 3.51. The first-order chi connectivity index (χ1) is 9.10. The number of hydrogen-bond donors (Lipinski definition) is 1. The van der Waals surface area contributed by atoms with Gasteiger partial charge in [-0.15, -0.1) is 0 Å². The fourth-order valence-corrected chi connectivity index (χ4v) is 3.08. The molecule has 0 amide bonds. The van der Waals surface area contributed by atoms with Gasteiger partial charge in [0.1, 0.15) is 0 Å². The van der Waals surface area contributed by atoms with Gasteiger partial charge >= 0.3 is 0 Å². The Kier molecular flexibility index (Phi) is 4.49. The van der Waals surface area contributed by atoms with Crippen LogP contribution in [0.4, 0.5) is 0 Å². The van der Waals surface area contributed by atoms with Crippen LogP contribution < -0.4 is 0 Å². The van der Waals surface area contributed by atoms with Gasteiger partial charge in [0.05, 0.1) is 17.7 Å². The van der Waals surface area contributed by atoms with Crippen molar-refractivity contribution in [2.75, 3.05) is 0 Å². The second-order valence-corrected chi connectivity index (χ2v) is 5.65. The molecule has 0 saturated heterocycles. The summed E-state index contributed by atoms with van der Waals surface area (Å²) in [6.45, 7) is 1.71. The summed E-state index contributed by atoms with van der Waals surface area (Å²) in [7, 11) is 0. The molecule has 2 rings (SSSR count). The molecule has 0 heterocycles. The van der Waals surface area contributed by atoms with Crippen LogP contribution in [-0.4, -0.2) is 5.11 Å². The van der Waals surface area contributed by atoms with Crippen molar-refractivity contribution in [3.05, 3.63) is 58.6 Å². The Morgan fingerprint density at radius 1 is 1.26 bits per heavy atom. The molecule has 0 aliphatic heterocycles. The van der Waals surface area contributed by atoms with Crippen LogP contribution in [0.2, 0.25) is 5.02 Å². The second kappa shape index (κ2) is 6.12. The molecule has 0 aliphatic rings. The van der Waals surface area contributed by atoms with E-state index in [1.807, 2.05) is 24.3 Å². The van der Waals surface area contributed by atoms with E-state index >= 15 is 0 Å². The Bertz CT molecular complexity index is 634. The van der Waals surface area contributed by atoms with Gasteiger partial charge in [0.15, 0.2) is 0 Å². The zero-order chi connectivity index (χ0) is 13.8. The van der Waals surface area contributed by atoms with Crippen molar-refractivity contribution >= 4 is 23.4 Å². The highest BCUT2D eigenvalue weighted by Crippen LogP contribution is 2.34. The summed E-state index contributed by atoms with van der Waals surface area (Å²) in [6.07, 6.45) is -0.575. The van der Waals surface area contributed by atoms with E-state index in [2.05, 4.69) is 6.07 Å². The minimum Gasteiger partial charge on any atom is -0.389 e. The van der Waals surface area contributed by atoms with Gasteiger partial charge in [-0.2, -0.15) is 5.26 Å². The van der Waals surface area contributed by atoms with Crippen LogP contribution in [-0.2, 0) is 0 Å². The van der Waals surface area contributed by atoms with E-state index in [4.69, 9.17) is 16.9 Å². The molecule has 4 heteroatoms. The van der Waals surface area contributed by atoms with Crippen LogP contribution >= 0.6 is 23.4 Å². The van der Waals surface area contributed by atoms with E-state index < -0.39 is 6.10 Å². The smallest absolute Gasteiger partial charge is 0.0992 e. The van der Waals surface area contributed by atoms with Crippen molar-refractivity contribution in [2.24, 2.45) is 0 Å². The van der Waals surface area contributed by atoms with Gasteiger partial charge in [-0.1, -0.05) is 35.5 Å². The van der Waals surface area contributed by atoms with Gasteiger partial charge in [-0.3, -0.25) is 0 Å². The van der Waals surface area contributed by atoms with E-state index in [-0.39, 0.29) is 0 Å². The van der Waals surface area contributed by atoms with Gasteiger partial charge in [0, 0.05) is 14.8 Å². The van der Waals surface area contributed by atoms with Crippen molar-refractivity contribution in [2.45, 2.75) is 22.8 Å². The average molecular weight is 290 g/mol. The molecule has 0 saturated carbocycles. The van der Waals surface area contributed by atoms with E-state index in [1.165, 1.54) is 11.8 Å². The second-order valence-electron chi connectivity index (χ2n) is 4.10. The molecule has 0 radical (unpaired) electrons. The number of benzene rings is 2. The summed E-state index contributed by atoms with van der Waals surface area (Å²) in [6, 6.07) is 14.9. The molecule has 96 valence electrons. The number of aliphatic hydroxyl groups is 1. The Morgan fingerprint density at radius 2 is 2.05 bits per heavy atom. The Balaban J connectivity index is 2.40. The summed E-state index contributed by atoms with van der Waals surface area (Å²) in [5.41, 5.74) is 1.39. The number of hydrogen-bond acceptors (Lipinski definition) is 3. The van der Waals surface area contributed by atoms with Crippen molar-refractivity contribution < 1.29 is 5.11 Å². The van der Waals surface area contributed by atoms with Crippen LogP contribution in [0.5, 0.6) is 0 Å². The van der Waals surface area contributed by atoms with Crippen LogP contribution in [0.1, 0.15) is 24.2 Å². The number of aliphatic hydroxyl groups excluding tert-OH is 1. The van der Waals surface area contributed by atoms with Crippen molar-refractivity contribution in [3.8, 4) is 6.07 Å². The molecule has 1 N–H and O–H groups in total. The molecule has 0 bridgehead atoms. The first kappa shape index (κ1) is 14.0. The quantitative estimate of drug-likeness (QED) is 0.910. The largest absolute Gasteiger partial charge is 0.389 e. The van der Waals surface area contributed by atoms with Crippen molar-refractivity contribution in [1.82, 2.24) is 0 Å². The maximum absolute atomic E-state index is 9.78. The summed E-state index contributed by atoms with van der Waals surface area (Å²) in [4.78, 5) is 1.85. The lowest BCUT2D eigenvalue weighted by Crippen LogP contribution is -1.94. The van der Waals surface area contributed by atoms with Crippen LogP contribution in [0, 0.1) is 11.3 Å². The lowest BCUT2D eigenvalue weighted by atomic mass is 10.1. The topological polar surface area (TPSA) is 44.0 Å². The minimum atomic E-state index is -0.575. The fourth-order valence-electron chi connectivity index (χ4n) is 1.69. The predicted octanol–water partition coefficient (Wildman–Crippen LogP) is 4.42. The number of rotatable bonds is 3. The summed E-state index contributed by atoms with van der Waals surface area (Å²) in [5, 5.41) is 19.4. The first-order valence-corrected chi connectivity index (χ1v) is 6.95. The van der Waals surface area contributed by atoms with Crippen LogP contribution in [0.15, 0.2) is 52.3 Å². The van der Waals surface area contributed by atoms with Crippen LogP contribution in [0.3, 0.4) is 0 Å². The predicted molar refractivity (Wildman–Crippen MR) is 77.4 cm³/mol. The van der Waals surface area contributed by atoms with Crippen molar-refractivity contribution in [3.63, 3.8) is 0 Å². The zero-order valence-corrected chi connectivity index (χ0v) is 11.9. The van der Waals surface area contributed by atoms with Gasteiger partial charge in [0.2, 0.25) is 0 Å². The molecular formula is C15H12ClNOS. The maximum atomic E-state index is 9.78. The lowest BCUT2D eigenvalue weighted by molar-refractivity contribution is 0.196. The molecule has 0 aromatic heterocycles. The normalized spacial score (nSPS) is 11.9. The standard InChI is InChI=1S/C15H12ClNOS/c1-10(18)14-6-5-11(9-17)7-15(14)19-13-4-2-3-12(16)8-13/h2-8,10,18H,1H3/t10-/m0/s1. The monoisotopic (exact) mass is 289 g/mol. The van der Waals surface area contributed by atoms with Gasteiger partial charge in [0.25, 0.3) is 0 Å². The SMILES string of the molecule is C[C@H](O)c1ccc(C#N)cc1Sc1cccc(Cl)c1. The highest BCUT2D eigenvalue weighted by atomic mass is 35.5. The maximum Gasteiger partial charge on any atom is 0.0992 e. The van der Waals surface area contributed by atoms with E-state index in [0.717, 1.165) is 15.4 Å². The summed E-state index contributed by atoms with van der Waals surface area (Å²) >= 11 is 7.45. The summed E-state index contributed by atoms with van der Waals surface area (Å²) in [5.74, 6) is 0. The first-order valence-electron chi connectivity index (χ1n) is 5.75.